The van der Waals surface area contributed by atoms with Crippen molar-refractivity contribution in [2.45, 2.75) is 31.7 Å². The summed E-state index contributed by atoms with van der Waals surface area (Å²) in [5.74, 6) is -3.04. The predicted molar refractivity (Wildman–Crippen MR) is 148 cm³/mol. The van der Waals surface area contributed by atoms with Crippen molar-refractivity contribution >= 4 is 35.4 Å². The van der Waals surface area contributed by atoms with Gasteiger partial charge in [0.1, 0.15) is 18.4 Å². The van der Waals surface area contributed by atoms with Crippen LogP contribution in [-0.4, -0.2) is 119 Å². The molecule has 1 aromatic carbocycles. The van der Waals surface area contributed by atoms with E-state index in [-0.39, 0.29) is 48.8 Å². The topological polar surface area (TPSA) is 188 Å². The van der Waals surface area contributed by atoms with E-state index in [1.165, 1.54) is 25.3 Å². The number of nitrogens with one attached hydrogen (secondary N) is 3. The second kappa shape index (κ2) is 17.9. The molecule has 1 fully saturated rings. The fourth-order valence-electron chi connectivity index (χ4n) is 4.33. The number of amides is 6. The molecule has 0 aliphatic carbocycles. The van der Waals surface area contributed by atoms with Crippen LogP contribution in [0, 0.1) is 0 Å². The third kappa shape index (κ3) is 10.4. The number of carbonyl (C=O) groups is 6. The maximum absolute atomic E-state index is 13.1. The molecule has 15 nitrogen and oxygen atoms in total. The molecule has 236 valence electrons. The van der Waals surface area contributed by atoms with Gasteiger partial charge in [0.2, 0.25) is 17.7 Å². The minimum Gasteiger partial charge on any atom is -0.483 e. The monoisotopic (exact) mass is 606 g/mol. The van der Waals surface area contributed by atoms with Gasteiger partial charge >= 0.3 is 0 Å². The van der Waals surface area contributed by atoms with Crippen molar-refractivity contribution in [3.8, 4) is 5.75 Å². The molecular formula is C28H38N4O11. The first-order valence-corrected chi connectivity index (χ1v) is 14.1. The van der Waals surface area contributed by atoms with Gasteiger partial charge < -0.3 is 34.3 Å². The van der Waals surface area contributed by atoms with E-state index in [1.54, 1.807) is 0 Å². The van der Waals surface area contributed by atoms with Gasteiger partial charge in [0.05, 0.1) is 37.6 Å². The summed E-state index contributed by atoms with van der Waals surface area (Å²) in [6, 6.07) is 3.35. The van der Waals surface area contributed by atoms with Crippen molar-refractivity contribution < 1.29 is 52.5 Å². The molecule has 2 aliphatic heterocycles. The number of ether oxygens (including phenoxy) is 5. The summed E-state index contributed by atoms with van der Waals surface area (Å²) in [7, 11) is 1.46. The molecule has 0 aromatic heterocycles. The van der Waals surface area contributed by atoms with Crippen LogP contribution in [0.4, 0.5) is 0 Å². The Hall–Kier alpha value is -3.92. The molecule has 6 amide bonds. The van der Waals surface area contributed by atoms with E-state index in [4.69, 9.17) is 23.7 Å². The summed E-state index contributed by atoms with van der Waals surface area (Å²) >= 11 is 0. The van der Waals surface area contributed by atoms with Crippen LogP contribution >= 0.6 is 0 Å². The van der Waals surface area contributed by atoms with Gasteiger partial charge in [0, 0.05) is 39.8 Å². The van der Waals surface area contributed by atoms with Crippen molar-refractivity contribution in [1.29, 1.82) is 0 Å². The summed E-state index contributed by atoms with van der Waals surface area (Å²) < 4.78 is 26.6. The van der Waals surface area contributed by atoms with Crippen LogP contribution in [-0.2, 0) is 38.1 Å². The number of benzene rings is 1. The van der Waals surface area contributed by atoms with Gasteiger partial charge in [0.15, 0.2) is 6.61 Å². The Kier molecular flexibility index (Phi) is 14.0. The molecule has 15 heteroatoms. The fourth-order valence-corrected chi connectivity index (χ4v) is 4.33. The van der Waals surface area contributed by atoms with Gasteiger partial charge in [-0.05, 0) is 31.4 Å². The van der Waals surface area contributed by atoms with Crippen molar-refractivity contribution in [2.75, 3.05) is 73.1 Å². The van der Waals surface area contributed by atoms with E-state index < -0.39 is 35.6 Å². The Morgan fingerprint density at radius 1 is 0.860 bits per heavy atom. The molecule has 0 spiro atoms. The number of hydrogen-bond donors (Lipinski definition) is 3. The van der Waals surface area contributed by atoms with E-state index in [1.807, 2.05) is 0 Å². The van der Waals surface area contributed by atoms with Crippen molar-refractivity contribution in [3.05, 3.63) is 29.3 Å². The van der Waals surface area contributed by atoms with Gasteiger partial charge in [0.25, 0.3) is 17.7 Å². The Morgan fingerprint density at radius 3 is 2.07 bits per heavy atom. The smallest absolute Gasteiger partial charge is 0.266 e. The molecule has 3 N–H and O–H groups in total. The number of fused-ring (bicyclic) bond motifs is 1. The minimum atomic E-state index is -1.09. The van der Waals surface area contributed by atoms with Crippen LogP contribution in [0.2, 0.25) is 0 Å². The number of rotatable bonds is 20. The summed E-state index contributed by atoms with van der Waals surface area (Å²) in [5, 5.41) is 7.55. The number of carbonyl (C=O) groups excluding carboxylic acids is 6. The Balaban J connectivity index is 1.23. The van der Waals surface area contributed by atoms with E-state index in [2.05, 4.69) is 16.0 Å². The van der Waals surface area contributed by atoms with Gasteiger partial charge in [-0.2, -0.15) is 0 Å². The largest absolute Gasteiger partial charge is 0.483 e. The Bertz CT molecular complexity index is 1160. The van der Waals surface area contributed by atoms with E-state index in [9.17, 15) is 28.8 Å². The van der Waals surface area contributed by atoms with Crippen molar-refractivity contribution in [2.24, 2.45) is 0 Å². The molecule has 0 radical (unpaired) electrons. The zero-order chi connectivity index (χ0) is 31.0. The van der Waals surface area contributed by atoms with Crippen LogP contribution in [0.3, 0.4) is 0 Å². The number of hydrogen-bond acceptors (Lipinski definition) is 11. The predicted octanol–water partition coefficient (Wildman–Crippen LogP) is -0.825. The molecule has 1 unspecified atom stereocenters. The molecule has 1 atom stereocenters. The lowest BCUT2D eigenvalue weighted by Crippen LogP contribution is -2.54. The normalized spacial score (nSPS) is 16.2. The molecule has 0 saturated carbocycles. The SMILES string of the molecule is COCC(=O)NCCCOCCOCCOCCCNC(=O)COc1cccc2c1C(=O)N(C1CCC(=O)NC1=O)C2=O. The number of methoxy groups -OCH3 is 1. The van der Waals surface area contributed by atoms with Gasteiger partial charge in [-0.15, -0.1) is 0 Å². The maximum Gasteiger partial charge on any atom is 0.266 e. The summed E-state index contributed by atoms with van der Waals surface area (Å²) in [6.07, 6.45) is 1.32. The molecule has 43 heavy (non-hydrogen) atoms. The van der Waals surface area contributed by atoms with Gasteiger partial charge in [-0.25, -0.2) is 0 Å². The highest BCUT2D eigenvalue weighted by atomic mass is 16.5. The maximum atomic E-state index is 13.1. The fraction of sp³-hybridized carbons (Fsp3) is 0.571. The highest BCUT2D eigenvalue weighted by molar-refractivity contribution is 6.24. The summed E-state index contributed by atoms with van der Waals surface area (Å²) in [6.45, 7) is 3.12. The lowest BCUT2D eigenvalue weighted by atomic mass is 10.0. The molecule has 2 heterocycles. The van der Waals surface area contributed by atoms with Crippen LogP contribution in [0.1, 0.15) is 46.4 Å². The van der Waals surface area contributed by atoms with Crippen LogP contribution in [0.25, 0.3) is 0 Å². The quantitative estimate of drug-likeness (QED) is 0.124. The number of imide groups is 2. The highest BCUT2D eigenvalue weighted by Gasteiger charge is 2.46. The van der Waals surface area contributed by atoms with Crippen LogP contribution < -0.4 is 20.7 Å². The van der Waals surface area contributed by atoms with Gasteiger partial charge in [-0.1, -0.05) is 6.07 Å². The Morgan fingerprint density at radius 2 is 1.47 bits per heavy atom. The van der Waals surface area contributed by atoms with Crippen LogP contribution in [0.15, 0.2) is 18.2 Å². The molecule has 1 aromatic rings. The zero-order valence-corrected chi connectivity index (χ0v) is 24.1. The standard InChI is InChI=1S/C28H38N4O11/c1-39-17-23(34)29-9-3-11-40-13-15-42-16-14-41-12-4-10-30-24(35)18-43-21-6-2-5-19-25(21)28(38)32(27(19)37)20-7-8-22(33)31-26(20)36/h2,5-6,20H,3-4,7-18H2,1H3,(H,29,34)(H,30,35)(H,31,33,36). The summed E-state index contributed by atoms with van der Waals surface area (Å²) in [5.41, 5.74) is 0.0536. The van der Waals surface area contributed by atoms with E-state index >= 15 is 0 Å². The van der Waals surface area contributed by atoms with Gasteiger partial charge in [-0.3, -0.25) is 39.0 Å². The molecule has 1 saturated heterocycles. The zero-order valence-electron chi connectivity index (χ0n) is 24.1. The molecule has 3 rings (SSSR count). The number of nitrogens with zero attached hydrogens (tertiary/aromatic N) is 1. The average molecular weight is 607 g/mol. The first-order valence-electron chi connectivity index (χ1n) is 14.1. The van der Waals surface area contributed by atoms with E-state index in [0.717, 1.165) is 4.90 Å². The second-order valence-electron chi connectivity index (χ2n) is 9.59. The van der Waals surface area contributed by atoms with Crippen molar-refractivity contribution in [3.63, 3.8) is 0 Å². The lowest BCUT2D eigenvalue weighted by molar-refractivity contribution is -0.136. The first kappa shape index (κ1) is 33.6. The number of piperidine rings is 1. The first-order chi connectivity index (χ1) is 20.8. The molecule has 2 aliphatic rings. The average Bonchev–Trinajstić information content (AvgIpc) is 3.24. The molecule has 0 bridgehead atoms. The Labute approximate surface area is 248 Å². The second-order valence-corrected chi connectivity index (χ2v) is 9.59. The van der Waals surface area contributed by atoms with Crippen molar-refractivity contribution in [1.82, 2.24) is 20.9 Å². The van der Waals surface area contributed by atoms with E-state index in [0.29, 0.717) is 65.6 Å². The third-order valence-electron chi connectivity index (χ3n) is 6.38. The third-order valence-corrected chi connectivity index (χ3v) is 6.38. The minimum absolute atomic E-state index is 0.0168. The van der Waals surface area contributed by atoms with Crippen LogP contribution in [0.5, 0.6) is 5.75 Å². The highest BCUT2D eigenvalue weighted by Crippen LogP contribution is 2.33. The molecular weight excluding hydrogens is 568 g/mol. The lowest BCUT2D eigenvalue weighted by Gasteiger charge is -2.27. The summed E-state index contributed by atoms with van der Waals surface area (Å²) in [4.78, 5) is 73.9.